The van der Waals surface area contributed by atoms with Crippen molar-refractivity contribution in [2.24, 2.45) is 5.73 Å². The number of carbonyl (C=O) groups excluding carboxylic acids is 1. The second-order valence-electron chi connectivity index (χ2n) is 3.14. The van der Waals surface area contributed by atoms with Gasteiger partial charge in [0.1, 0.15) is 18.2 Å². The topological polar surface area (TPSA) is 96.7 Å². The second kappa shape index (κ2) is 4.86. The van der Waals surface area contributed by atoms with E-state index in [2.05, 4.69) is 20.5 Å². The fourth-order valence-electron chi connectivity index (χ4n) is 1.19. The Kier molecular flexibility index (Phi) is 3.28. The molecule has 1 amide bonds. The third-order valence-electron chi connectivity index (χ3n) is 2.03. The maximum absolute atomic E-state index is 11.6. The number of hydrogen-bond acceptors (Lipinski definition) is 5. The lowest BCUT2D eigenvalue weighted by atomic mass is 10.2. The Morgan fingerprint density at radius 3 is 3.19 bits per heavy atom. The van der Waals surface area contributed by atoms with Crippen LogP contribution in [0.5, 0.6) is 0 Å². The summed E-state index contributed by atoms with van der Waals surface area (Å²) in [5, 5.41) is 10.9. The van der Waals surface area contributed by atoms with Crippen molar-refractivity contribution in [2.45, 2.75) is 12.6 Å². The molecule has 84 valence electrons. The summed E-state index contributed by atoms with van der Waals surface area (Å²) in [5.41, 5.74) is 5.77. The molecule has 4 N–H and O–H groups in total. The molecule has 0 bridgehead atoms. The summed E-state index contributed by atoms with van der Waals surface area (Å²) in [7, 11) is 0. The van der Waals surface area contributed by atoms with E-state index in [9.17, 15) is 4.79 Å². The van der Waals surface area contributed by atoms with Crippen LogP contribution < -0.4 is 11.1 Å². The summed E-state index contributed by atoms with van der Waals surface area (Å²) >= 11 is 1.46. The summed E-state index contributed by atoms with van der Waals surface area (Å²) in [4.78, 5) is 16.4. The van der Waals surface area contributed by atoms with E-state index in [4.69, 9.17) is 5.73 Å². The lowest BCUT2D eigenvalue weighted by Crippen LogP contribution is -2.33. The van der Waals surface area contributed by atoms with Crippen LogP contribution in [0, 0.1) is 0 Å². The monoisotopic (exact) mass is 237 g/mol. The van der Waals surface area contributed by atoms with Crippen LogP contribution in [0.3, 0.4) is 0 Å². The molecular formula is C9H11N5OS. The summed E-state index contributed by atoms with van der Waals surface area (Å²) in [5.74, 6) is 0.380. The molecular weight excluding hydrogens is 226 g/mol. The smallest absolute Gasteiger partial charge is 0.242 e. The first-order chi connectivity index (χ1) is 7.77. The zero-order valence-electron chi connectivity index (χ0n) is 8.38. The van der Waals surface area contributed by atoms with Crippen LogP contribution in [0.25, 0.3) is 0 Å². The molecule has 0 fully saturated rings. The highest BCUT2D eigenvalue weighted by Crippen LogP contribution is 2.16. The van der Waals surface area contributed by atoms with E-state index in [0.717, 1.165) is 4.88 Å². The molecule has 2 rings (SSSR count). The SMILES string of the molecule is NC(C(=O)NCc1ncn[nH]1)c1cccs1. The van der Waals surface area contributed by atoms with E-state index in [-0.39, 0.29) is 5.91 Å². The molecule has 1 unspecified atom stereocenters. The lowest BCUT2D eigenvalue weighted by molar-refractivity contribution is -0.122. The number of hydrogen-bond donors (Lipinski definition) is 3. The molecule has 0 radical (unpaired) electrons. The molecule has 1 atom stereocenters. The van der Waals surface area contributed by atoms with Crippen molar-refractivity contribution in [1.29, 1.82) is 0 Å². The molecule has 0 spiro atoms. The number of aromatic nitrogens is 3. The van der Waals surface area contributed by atoms with E-state index in [1.807, 2.05) is 17.5 Å². The number of rotatable bonds is 4. The Balaban J connectivity index is 1.89. The van der Waals surface area contributed by atoms with Gasteiger partial charge in [0, 0.05) is 4.88 Å². The predicted molar refractivity (Wildman–Crippen MR) is 59.5 cm³/mol. The number of carbonyl (C=O) groups is 1. The fraction of sp³-hybridized carbons (Fsp3) is 0.222. The van der Waals surface area contributed by atoms with Gasteiger partial charge in [0.2, 0.25) is 5.91 Å². The van der Waals surface area contributed by atoms with Gasteiger partial charge in [0.25, 0.3) is 0 Å². The van der Waals surface area contributed by atoms with Gasteiger partial charge in [0.05, 0.1) is 6.54 Å². The maximum atomic E-state index is 11.6. The summed E-state index contributed by atoms with van der Waals surface area (Å²) < 4.78 is 0. The Labute approximate surface area is 95.9 Å². The van der Waals surface area contributed by atoms with Crippen LogP contribution in [0.15, 0.2) is 23.8 Å². The van der Waals surface area contributed by atoms with Gasteiger partial charge in [-0.3, -0.25) is 9.89 Å². The largest absolute Gasteiger partial charge is 0.347 e. The first-order valence-electron chi connectivity index (χ1n) is 4.68. The van der Waals surface area contributed by atoms with Crippen molar-refractivity contribution in [2.75, 3.05) is 0 Å². The second-order valence-corrected chi connectivity index (χ2v) is 4.12. The fourth-order valence-corrected chi connectivity index (χ4v) is 1.92. The molecule has 2 aromatic heterocycles. The molecule has 16 heavy (non-hydrogen) atoms. The highest BCUT2D eigenvalue weighted by Gasteiger charge is 2.16. The Morgan fingerprint density at radius 1 is 1.69 bits per heavy atom. The quantitative estimate of drug-likeness (QED) is 0.706. The molecule has 0 aromatic carbocycles. The van der Waals surface area contributed by atoms with Crippen LogP contribution in [0.1, 0.15) is 16.7 Å². The Hall–Kier alpha value is -1.73. The van der Waals surface area contributed by atoms with Gasteiger partial charge < -0.3 is 11.1 Å². The predicted octanol–water partition coefficient (Wildman–Crippen LogP) is 0.182. The van der Waals surface area contributed by atoms with E-state index in [0.29, 0.717) is 12.4 Å². The van der Waals surface area contributed by atoms with Crippen molar-refractivity contribution in [1.82, 2.24) is 20.5 Å². The molecule has 0 saturated carbocycles. The van der Waals surface area contributed by atoms with Crippen LogP contribution >= 0.6 is 11.3 Å². The first kappa shape index (κ1) is 10.8. The minimum absolute atomic E-state index is 0.223. The normalized spacial score (nSPS) is 12.3. The van der Waals surface area contributed by atoms with Gasteiger partial charge in [-0.05, 0) is 11.4 Å². The van der Waals surface area contributed by atoms with Gasteiger partial charge >= 0.3 is 0 Å². The van der Waals surface area contributed by atoms with E-state index in [1.54, 1.807) is 0 Å². The van der Waals surface area contributed by atoms with E-state index < -0.39 is 6.04 Å². The van der Waals surface area contributed by atoms with Gasteiger partial charge in [0.15, 0.2) is 0 Å². The van der Waals surface area contributed by atoms with Crippen molar-refractivity contribution in [3.8, 4) is 0 Å². The first-order valence-corrected chi connectivity index (χ1v) is 5.56. The van der Waals surface area contributed by atoms with E-state index >= 15 is 0 Å². The molecule has 2 aromatic rings. The number of thiophene rings is 1. The summed E-state index contributed by atoms with van der Waals surface area (Å²) in [6.07, 6.45) is 1.39. The average molecular weight is 237 g/mol. The third-order valence-corrected chi connectivity index (χ3v) is 2.98. The Morgan fingerprint density at radius 2 is 2.56 bits per heavy atom. The molecule has 0 saturated heterocycles. The van der Waals surface area contributed by atoms with Gasteiger partial charge in [-0.1, -0.05) is 6.07 Å². The van der Waals surface area contributed by atoms with Crippen molar-refractivity contribution < 1.29 is 4.79 Å². The molecule has 2 heterocycles. The molecule has 0 aliphatic rings. The highest BCUT2D eigenvalue weighted by molar-refractivity contribution is 7.10. The van der Waals surface area contributed by atoms with Crippen LogP contribution in [-0.2, 0) is 11.3 Å². The van der Waals surface area contributed by atoms with Crippen molar-refractivity contribution >= 4 is 17.2 Å². The third kappa shape index (κ3) is 2.44. The van der Waals surface area contributed by atoms with Crippen LogP contribution in [0.4, 0.5) is 0 Å². The molecule has 6 nitrogen and oxygen atoms in total. The highest BCUT2D eigenvalue weighted by atomic mass is 32.1. The Bertz CT molecular complexity index is 438. The zero-order chi connectivity index (χ0) is 11.4. The maximum Gasteiger partial charge on any atom is 0.242 e. The number of H-pyrrole nitrogens is 1. The van der Waals surface area contributed by atoms with Gasteiger partial charge in [-0.15, -0.1) is 11.3 Å². The van der Waals surface area contributed by atoms with Crippen LogP contribution in [0.2, 0.25) is 0 Å². The van der Waals surface area contributed by atoms with Gasteiger partial charge in [-0.25, -0.2) is 4.98 Å². The van der Waals surface area contributed by atoms with Crippen molar-refractivity contribution in [3.63, 3.8) is 0 Å². The number of nitrogens with two attached hydrogens (primary N) is 1. The van der Waals surface area contributed by atoms with Crippen molar-refractivity contribution in [3.05, 3.63) is 34.5 Å². The average Bonchev–Trinajstić information content (AvgIpc) is 2.96. The van der Waals surface area contributed by atoms with E-state index in [1.165, 1.54) is 17.7 Å². The number of aromatic amines is 1. The van der Waals surface area contributed by atoms with Crippen LogP contribution in [-0.4, -0.2) is 21.1 Å². The zero-order valence-corrected chi connectivity index (χ0v) is 9.20. The summed E-state index contributed by atoms with van der Waals surface area (Å²) in [6, 6.07) is 3.08. The molecule has 0 aliphatic heterocycles. The lowest BCUT2D eigenvalue weighted by Gasteiger charge is -2.09. The standard InChI is InChI=1S/C9H11N5OS/c10-8(6-2-1-3-16-6)9(15)11-4-7-12-5-13-14-7/h1-3,5,8H,4,10H2,(H,11,15)(H,12,13,14). The number of nitrogens with one attached hydrogen (secondary N) is 2. The minimum Gasteiger partial charge on any atom is -0.347 e. The number of nitrogens with zero attached hydrogens (tertiary/aromatic N) is 2. The minimum atomic E-state index is -0.622. The summed E-state index contributed by atoms with van der Waals surface area (Å²) in [6.45, 7) is 0.303. The van der Waals surface area contributed by atoms with Gasteiger partial charge in [-0.2, -0.15) is 5.10 Å². The molecule has 0 aliphatic carbocycles. The number of amides is 1. The molecule has 7 heteroatoms.